The summed E-state index contributed by atoms with van der Waals surface area (Å²) in [4.78, 5) is 5.70. The summed E-state index contributed by atoms with van der Waals surface area (Å²) in [5.74, 6) is 0.595. The maximum Gasteiger partial charge on any atom is 0.0795 e. The largest absolute Gasteiger partial charge is 0.303 e. The van der Waals surface area contributed by atoms with Gasteiger partial charge in [-0.25, -0.2) is 4.98 Å². The third-order valence-electron chi connectivity index (χ3n) is 2.50. The summed E-state index contributed by atoms with van der Waals surface area (Å²) in [6.07, 6.45) is 0. The summed E-state index contributed by atoms with van der Waals surface area (Å²) in [5, 5.41) is 7.81. The van der Waals surface area contributed by atoms with E-state index in [1.165, 1.54) is 4.88 Å². The lowest BCUT2D eigenvalue weighted by Gasteiger charge is -2.20. The van der Waals surface area contributed by atoms with Gasteiger partial charge in [0.15, 0.2) is 0 Å². The molecular formula is C12H16N2S2. The summed E-state index contributed by atoms with van der Waals surface area (Å²) in [6.45, 7) is 5.35. The molecule has 0 aromatic carbocycles. The Morgan fingerprint density at radius 3 is 2.88 bits per heavy atom. The minimum absolute atomic E-state index is 0.432. The second-order valence-corrected chi connectivity index (χ2v) is 5.80. The monoisotopic (exact) mass is 252 g/mol. The van der Waals surface area contributed by atoms with Crippen molar-refractivity contribution in [2.45, 2.75) is 26.4 Å². The fraction of sp³-hybridized carbons (Fsp3) is 0.417. The van der Waals surface area contributed by atoms with Crippen LogP contribution in [-0.4, -0.2) is 4.98 Å². The summed E-state index contributed by atoms with van der Waals surface area (Å²) in [6, 6.07) is 4.74. The molecule has 4 heteroatoms. The van der Waals surface area contributed by atoms with E-state index in [1.807, 2.05) is 16.8 Å². The van der Waals surface area contributed by atoms with Crippen LogP contribution in [-0.2, 0) is 6.54 Å². The molecule has 1 atom stereocenters. The van der Waals surface area contributed by atoms with Crippen LogP contribution in [0.25, 0.3) is 0 Å². The second-order valence-electron chi connectivity index (χ2n) is 4.10. The number of nitrogens with one attached hydrogen (secondary N) is 1. The van der Waals surface area contributed by atoms with Crippen LogP contribution in [0, 0.1) is 5.92 Å². The van der Waals surface area contributed by atoms with E-state index in [1.54, 1.807) is 11.3 Å². The van der Waals surface area contributed by atoms with Crippen LogP contribution in [0.4, 0.5) is 0 Å². The fourth-order valence-corrected chi connectivity index (χ4v) is 3.20. The number of thiazole rings is 1. The molecule has 2 nitrogen and oxygen atoms in total. The van der Waals surface area contributed by atoms with Gasteiger partial charge in [0.2, 0.25) is 0 Å². The smallest absolute Gasteiger partial charge is 0.0795 e. The Hall–Kier alpha value is -0.710. The van der Waals surface area contributed by atoms with Gasteiger partial charge in [-0.15, -0.1) is 22.7 Å². The van der Waals surface area contributed by atoms with Gasteiger partial charge in [0.25, 0.3) is 0 Å². The first-order valence-electron chi connectivity index (χ1n) is 5.41. The quantitative estimate of drug-likeness (QED) is 0.878. The van der Waals surface area contributed by atoms with E-state index < -0.39 is 0 Å². The summed E-state index contributed by atoms with van der Waals surface area (Å²) in [7, 11) is 0. The lowest BCUT2D eigenvalue weighted by atomic mass is 10.0. The Morgan fingerprint density at radius 2 is 2.31 bits per heavy atom. The first kappa shape index (κ1) is 11.8. The van der Waals surface area contributed by atoms with Crippen molar-refractivity contribution >= 4 is 22.7 Å². The van der Waals surface area contributed by atoms with Gasteiger partial charge in [0.1, 0.15) is 0 Å². The lowest BCUT2D eigenvalue weighted by molar-refractivity contribution is 0.414. The molecule has 0 spiro atoms. The normalized spacial score (nSPS) is 13.2. The Kier molecular flexibility index (Phi) is 4.09. The average molecular weight is 252 g/mol. The van der Waals surface area contributed by atoms with E-state index in [0.29, 0.717) is 12.0 Å². The van der Waals surface area contributed by atoms with Gasteiger partial charge in [-0.05, 0) is 17.4 Å². The van der Waals surface area contributed by atoms with E-state index in [0.717, 1.165) is 12.2 Å². The third kappa shape index (κ3) is 2.90. The third-order valence-corrected chi connectivity index (χ3v) is 4.09. The topological polar surface area (TPSA) is 24.9 Å². The minimum Gasteiger partial charge on any atom is -0.303 e. The van der Waals surface area contributed by atoms with Gasteiger partial charge in [-0.2, -0.15) is 0 Å². The fourth-order valence-electron chi connectivity index (χ4n) is 1.67. The van der Waals surface area contributed by atoms with Crippen molar-refractivity contribution in [2.24, 2.45) is 5.92 Å². The highest BCUT2D eigenvalue weighted by atomic mass is 32.1. The van der Waals surface area contributed by atoms with Gasteiger partial charge >= 0.3 is 0 Å². The van der Waals surface area contributed by atoms with Crippen LogP contribution in [0.15, 0.2) is 28.4 Å². The highest BCUT2D eigenvalue weighted by molar-refractivity contribution is 7.10. The van der Waals surface area contributed by atoms with Crippen LogP contribution in [0.5, 0.6) is 0 Å². The molecule has 0 amide bonds. The van der Waals surface area contributed by atoms with Crippen molar-refractivity contribution in [1.82, 2.24) is 10.3 Å². The SMILES string of the molecule is CC(C)C(NCc1cscn1)c1cccs1. The van der Waals surface area contributed by atoms with Crippen molar-refractivity contribution in [3.63, 3.8) is 0 Å². The highest BCUT2D eigenvalue weighted by Gasteiger charge is 2.16. The summed E-state index contributed by atoms with van der Waals surface area (Å²) < 4.78 is 0. The molecule has 86 valence electrons. The van der Waals surface area contributed by atoms with Crippen molar-refractivity contribution in [3.05, 3.63) is 39.0 Å². The van der Waals surface area contributed by atoms with Gasteiger partial charge in [0.05, 0.1) is 11.2 Å². The van der Waals surface area contributed by atoms with Crippen LogP contribution < -0.4 is 5.32 Å². The lowest BCUT2D eigenvalue weighted by Crippen LogP contribution is -2.24. The van der Waals surface area contributed by atoms with Crippen LogP contribution in [0.2, 0.25) is 0 Å². The molecule has 0 aliphatic carbocycles. The average Bonchev–Trinajstić information content (AvgIpc) is 2.88. The molecule has 1 unspecified atom stereocenters. The maximum atomic E-state index is 4.29. The molecule has 0 bridgehead atoms. The van der Waals surface area contributed by atoms with Crippen molar-refractivity contribution in [3.8, 4) is 0 Å². The standard InChI is InChI=1S/C12H16N2S2/c1-9(2)12(11-4-3-5-16-11)13-6-10-7-15-8-14-10/h3-5,7-9,12-13H,6H2,1-2H3. The van der Waals surface area contributed by atoms with Crippen LogP contribution in [0.3, 0.4) is 0 Å². The first-order chi connectivity index (χ1) is 7.77. The van der Waals surface area contributed by atoms with Crippen molar-refractivity contribution < 1.29 is 0 Å². The van der Waals surface area contributed by atoms with Gasteiger partial charge in [-0.1, -0.05) is 19.9 Å². The zero-order chi connectivity index (χ0) is 11.4. The number of hydrogen-bond donors (Lipinski definition) is 1. The number of thiophene rings is 1. The van der Waals surface area contributed by atoms with Crippen molar-refractivity contribution in [1.29, 1.82) is 0 Å². The Balaban J connectivity index is 1.99. The number of hydrogen-bond acceptors (Lipinski definition) is 4. The van der Waals surface area contributed by atoms with Gasteiger partial charge in [-0.3, -0.25) is 0 Å². The molecule has 2 rings (SSSR count). The first-order valence-corrected chi connectivity index (χ1v) is 7.23. The van der Waals surface area contributed by atoms with Crippen molar-refractivity contribution in [2.75, 3.05) is 0 Å². The summed E-state index contributed by atoms with van der Waals surface area (Å²) in [5.41, 5.74) is 3.01. The van der Waals surface area contributed by atoms with E-state index in [-0.39, 0.29) is 0 Å². The zero-order valence-electron chi connectivity index (χ0n) is 9.51. The molecule has 1 N–H and O–H groups in total. The van der Waals surface area contributed by atoms with E-state index in [4.69, 9.17) is 0 Å². The molecule has 2 aromatic rings. The molecule has 0 fully saturated rings. The molecule has 2 heterocycles. The van der Waals surface area contributed by atoms with Gasteiger partial charge < -0.3 is 5.32 Å². The van der Waals surface area contributed by atoms with Crippen LogP contribution >= 0.6 is 22.7 Å². The predicted molar refractivity (Wildman–Crippen MR) is 70.9 cm³/mol. The second kappa shape index (κ2) is 5.57. The Labute approximate surface area is 104 Å². The number of aromatic nitrogens is 1. The molecule has 2 aromatic heterocycles. The molecule has 16 heavy (non-hydrogen) atoms. The van der Waals surface area contributed by atoms with E-state index >= 15 is 0 Å². The maximum absolute atomic E-state index is 4.29. The molecular weight excluding hydrogens is 236 g/mol. The zero-order valence-corrected chi connectivity index (χ0v) is 11.1. The van der Waals surface area contributed by atoms with E-state index in [9.17, 15) is 0 Å². The van der Waals surface area contributed by atoms with E-state index in [2.05, 4.69) is 47.0 Å². The molecule has 0 aliphatic rings. The minimum atomic E-state index is 0.432. The highest BCUT2D eigenvalue weighted by Crippen LogP contribution is 2.26. The molecule has 0 radical (unpaired) electrons. The molecule has 0 saturated heterocycles. The Morgan fingerprint density at radius 1 is 1.44 bits per heavy atom. The van der Waals surface area contributed by atoms with Gasteiger partial charge in [0, 0.05) is 22.8 Å². The Bertz CT molecular complexity index is 393. The summed E-state index contributed by atoms with van der Waals surface area (Å²) >= 11 is 3.46. The molecule has 0 saturated carbocycles. The van der Waals surface area contributed by atoms with Crippen LogP contribution in [0.1, 0.15) is 30.5 Å². The predicted octanol–water partition coefficient (Wildman–Crippen LogP) is 3.69. The number of rotatable bonds is 5. The number of nitrogens with zero attached hydrogens (tertiary/aromatic N) is 1. The molecule has 0 aliphatic heterocycles.